The first kappa shape index (κ1) is 12.7. The van der Waals surface area contributed by atoms with Crippen LogP contribution in [-0.4, -0.2) is 15.0 Å². The highest BCUT2D eigenvalue weighted by Crippen LogP contribution is 2.23. The van der Waals surface area contributed by atoms with E-state index in [9.17, 15) is 8.42 Å². The minimum absolute atomic E-state index is 0.152. The van der Waals surface area contributed by atoms with Gasteiger partial charge in [-0.15, -0.1) is 0 Å². The van der Waals surface area contributed by atoms with E-state index in [1.807, 2.05) is 6.92 Å². The first-order chi connectivity index (χ1) is 6.97. The van der Waals surface area contributed by atoms with E-state index in [-0.39, 0.29) is 16.3 Å². The molecule has 0 spiro atoms. The van der Waals surface area contributed by atoms with E-state index in [1.54, 1.807) is 31.2 Å². The second-order valence-electron chi connectivity index (χ2n) is 3.05. The van der Waals surface area contributed by atoms with Crippen LogP contribution in [0.3, 0.4) is 0 Å². The van der Waals surface area contributed by atoms with Crippen LogP contribution >= 0.6 is 15.9 Å². The van der Waals surface area contributed by atoms with Crippen molar-refractivity contribution in [3.8, 4) is 0 Å². The number of alkyl halides is 1. The van der Waals surface area contributed by atoms with Crippen LogP contribution in [0, 0.1) is 0 Å². The molecule has 0 aliphatic heterocycles. The molecule has 0 N–H and O–H groups in total. The molecule has 1 atom stereocenters. The zero-order valence-corrected chi connectivity index (χ0v) is 11.0. The average molecular weight is 293 g/mol. The van der Waals surface area contributed by atoms with E-state index >= 15 is 0 Å². The van der Waals surface area contributed by atoms with Crippen LogP contribution in [0.15, 0.2) is 29.2 Å². The van der Waals surface area contributed by atoms with E-state index < -0.39 is 10.1 Å². The lowest BCUT2D eigenvalue weighted by atomic mass is 10.2. The molecule has 0 heterocycles. The van der Waals surface area contributed by atoms with Gasteiger partial charge in [-0.25, -0.2) is 0 Å². The minimum atomic E-state index is -3.57. The third-order valence-corrected chi connectivity index (χ3v) is 3.83. The van der Waals surface area contributed by atoms with Gasteiger partial charge in [0.25, 0.3) is 10.1 Å². The fourth-order valence-corrected chi connectivity index (χ4v) is 2.34. The molecule has 0 aromatic heterocycles. The SMILES string of the molecule is CCOS(=O)(=O)c1ccc(C(C)Br)cc1. The van der Waals surface area contributed by atoms with E-state index in [0.29, 0.717) is 0 Å². The molecule has 15 heavy (non-hydrogen) atoms. The van der Waals surface area contributed by atoms with Gasteiger partial charge in [0.2, 0.25) is 0 Å². The zero-order valence-electron chi connectivity index (χ0n) is 8.60. The fraction of sp³-hybridized carbons (Fsp3) is 0.400. The maximum atomic E-state index is 11.5. The van der Waals surface area contributed by atoms with E-state index in [1.165, 1.54) is 0 Å². The second kappa shape index (κ2) is 5.09. The fourth-order valence-electron chi connectivity index (χ4n) is 1.12. The molecule has 0 aliphatic carbocycles. The quantitative estimate of drug-likeness (QED) is 0.633. The summed E-state index contributed by atoms with van der Waals surface area (Å²) in [6, 6.07) is 6.65. The van der Waals surface area contributed by atoms with Gasteiger partial charge in [0, 0.05) is 4.83 Å². The first-order valence-corrected chi connectivity index (χ1v) is 6.93. The summed E-state index contributed by atoms with van der Waals surface area (Å²) < 4.78 is 27.6. The van der Waals surface area contributed by atoms with Gasteiger partial charge in [-0.3, -0.25) is 4.18 Å². The first-order valence-electron chi connectivity index (χ1n) is 4.61. The van der Waals surface area contributed by atoms with Crippen molar-refractivity contribution < 1.29 is 12.6 Å². The lowest BCUT2D eigenvalue weighted by Crippen LogP contribution is -2.05. The van der Waals surface area contributed by atoms with Crippen molar-refractivity contribution in [1.29, 1.82) is 0 Å². The van der Waals surface area contributed by atoms with Crippen molar-refractivity contribution in [1.82, 2.24) is 0 Å². The van der Waals surface area contributed by atoms with Crippen molar-refractivity contribution in [2.24, 2.45) is 0 Å². The van der Waals surface area contributed by atoms with Crippen LogP contribution in [0.4, 0.5) is 0 Å². The van der Waals surface area contributed by atoms with Crippen molar-refractivity contribution in [2.45, 2.75) is 23.6 Å². The third kappa shape index (κ3) is 3.29. The molecule has 0 fully saturated rings. The largest absolute Gasteiger partial charge is 0.296 e. The molecule has 3 nitrogen and oxygen atoms in total. The van der Waals surface area contributed by atoms with E-state index in [4.69, 9.17) is 0 Å². The maximum Gasteiger partial charge on any atom is 0.296 e. The molecule has 1 unspecified atom stereocenters. The van der Waals surface area contributed by atoms with Gasteiger partial charge in [-0.2, -0.15) is 8.42 Å². The summed E-state index contributed by atoms with van der Waals surface area (Å²) in [4.78, 5) is 0.405. The Morgan fingerprint density at radius 1 is 1.33 bits per heavy atom. The molecule has 84 valence electrons. The highest BCUT2D eigenvalue weighted by molar-refractivity contribution is 9.09. The molecule has 0 bridgehead atoms. The summed E-state index contributed by atoms with van der Waals surface area (Å²) in [5.41, 5.74) is 1.03. The van der Waals surface area contributed by atoms with Gasteiger partial charge in [0.1, 0.15) is 0 Å². The van der Waals surface area contributed by atoms with Gasteiger partial charge < -0.3 is 0 Å². The molecular weight excluding hydrogens is 280 g/mol. The minimum Gasteiger partial charge on any atom is -0.267 e. The molecule has 0 aliphatic rings. The molecule has 0 saturated carbocycles. The highest BCUT2D eigenvalue weighted by Gasteiger charge is 2.13. The van der Waals surface area contributed by atoms with Crippen LogP contribution in [0.5, 0.6) is 0 Å². The van der Waals surface area contributed by atoms with Crippen LogP contribution < -0.4 is 0 Å². The number of rotatable bonds is 4. The van der Waals surface area contributed by atoms with Crippen LogP contribution in [0.1, 0.15) is 24.2 Å². The Bertz CT molecular complexity index is 409. The summed E-state index contributed by atoms with van der Waals surface area (Å²) in [6.07, 6.45) is 0. The molecule has 5 heteroatoms. The van der Waals surface area contributed by atoms with Crippen molar-refractivity contribution >= 4 is 26.0 Å². The average Bonchev–Trinajstić information content (AvgIpc) is 2.18. The van der Waals surface area contributed by atoms with Crippen LogP contribution in [0.2, 0.25) is 0 Å². The lowest BCUT2D eigenvalue weighted by molar-refractivity contribution is 0.338. The number of hydrogen-bond donors (Lipinski definition) is 0. The van der Waals surface area contributed by atoms with Crippen LogP contribution in [0.25, 0.3) is 0 Å². The summed E-state index contributed by atoms with van der Waals surface area (Å²) in [7, 11) is -3.57. The molecular formula is C10H13BrO3S. The van der Waals surface area contributed by atoms with Crippen molar-refractivity contribution in [2.75, 3.05) is 6.61 Å². The smallest absolute Gasteiger partial charge is 0.267 e. The number of halogens is 1. The zero-order chi connectivity index (χ0) is 11.5. The van der Waals surface area contributed by atoms with Gasteiger partial charge in [0.05, 0.1) is 11.5 Å². The van der Waals surface area contributed by atoms with Crippen LogP contribution in [-0.2, 0) is 14.3 Å². The molecule has 0 radical (unpaired) electrons. The third-order valence-electron chi connectivity index (χ3n) is 1.90. The van der Waals surface area contributed by atoms with Gasteiger partial charge in [-0.1, -0.05) is 28.1 Å². The molecule has 1 rings (SSSR count). The van der Waals surface area contributed by atoms with Gasteiger partial charge in [0.15, 0.2) is 0 Å². The predicted molar refractivity (Wildman–Crippen MR) is 62.6 cm³/mol. The topological polar surface area (TPSA) is 43.4 Å². The van der Waals surface area contributed by atoms with Crippen molar-refractivity contribution in [3.63, 3.8) is 0 Å². The monoisotopic (exact) mass is 292 g/mol. The second-order valence-corrected chi connectivity index (χ2v) is 6.03. The summed E-state index contributed by atoms with van der Waals surface area (Å²) in [5, 5.41) is 0. The highest BCUT2D eigenvalue weighted by atomic mass is 79.9. The molecule has 1 aromatic rings. The van der Waals surface area contributed by atoms with Gasteiger partial charge in [-0.05, 0) is 31.5 Å². The van der Waals surface area contributed by atoms with E-state index in [2.05, 4.69) is 20.1 Å². The predicted octanol–water partition coefficient (Wildman–Crippen LogP) is 2.87. The molecule has 0 amide bonds. The number of hydrogen-bond acceptors (Lipinski definition) is 3. The Morgan fingerprint density at radius 3 is 2.27 bits per heavy atom. The lowest BCUT2D eigenvalue weighted by Gasteiger charge is -2.06. The Hall–Kier alpha value is -0.390. The molecule has 0 saturated heterocycles. The molecule has 1 aromatic carbocycles. The normalized spacial score (nSPS) is 13.8. The Labute approximate surface area is 98.7 Å². The van der Waals surface area contributed by atoms with Crippen molar-refractivity contribution in [3.05, 3.63) is 29.8 Å². The summed E-state index contributed by atoms with van der Waals surface area (Å²) >= 11 is 3.41. The Kier molecular flexibility index (Phi) is 4.31. The summed E-state index contributed by atoms with van der Waals surface area (Å²) in [5.74, 6) is 0. The van der Waals surface area contributed by atoms with E-state index in [0.717, 1.165) is 5.56 Å². The summed E-state index contributed by atoms with van der Waals surface area (Å²) in [6.45, 7) is 3.78. The Balaban J connectivity index is 2.99. The maximum absolute atomic E-state index is 11.5. The Morgan fingerprint density at radius 2 is 1.87 bits per heavy atom. The standard InChI is InChI=1S/C10H13BrO3S/c1-3-14-15(12,13)10-6-4-9(5-7-10)8(2)11/h4-8H,3H2,1-2H3. The number of benzene rings is 1. The van der Waals surface area contributed by atoms with Gasteiger partial charge >= 0.3 is 0 Å².